The number of allylic oxidation sites excluding steroid dienone is 7. The molecule has 0 N–H and O–H groups in total. The van der Waals surface area contributed by atoms with E-state index in [9.17, 15) is 9.59 Å². The Bertz CT molecular complexity index is 617. The van der Waals surface area contributed by atoms with Crippen molar-refractivity contribution in [1.29, 1.82) is 0 Å². The summed E-state index contributed by atoms with van der Waals surface area (Å²) in [6.07, 6.45) is 14.0. The first-order chi connectivity index (χ1) is 11.1. The van der Waals surface area contributed by atoms with Gasteiger partial charge in [-0.25, -0.2) is 9.59 Å². The maximum atomic E-state index is 12.0. The molecule has 0 unspecified atom stereocenters. The molecule has 0 atom stereocenters. The quantitative estimate of drug-likeness (QED) is 0.427. The monoisotopic (exact) mass is 314 g/mol. The summed E-state index contributed by atoms with van der Waals surface area (Å²) >= 11 is 0. The van der Waals surface area contributed by atoms with Crippen LogP contribution in [0.25, 0.3) is 0 Å². The van der Waals surface area contributed by atoms with E-state index in [0.717, 1.165) is 19.3 Å². The fourth-order valence-corrected chi connectivity index (χ4v) is 2.38. The third-order valence-electron chi connectivity index (χ3n) is 3.68. The number of esters is 2. The minimum Gasteiger partial charge on any atom is -0.459 e. The van der Waals surface area contributed by atoms with Gasteiger partial charge in [-0.1, -0.05) is 37.0 Å². The van der Waals surface area contributed by atoms with Gasteiger partial charge in [0.05, 0.1) is 0 Å². The largest absolute Gasteiger partial charge is 0.459 e. The average Bonchev–Trinajstić information content (AvgIpc) is 2.59. The summed E-state index contributed by atoms with van der Waals surface area (Å²) in [6.45, 7) is 5.15. The molecule has 0 aliphatic heterocycles. The highest BCUT2D eigenvalue weighted by molar-refractivity contribution is 5.89. The van der Waals surface area contributed by atoms with Crippen LogP contribution in [0.2, 0.25) is 0 Å². The maximum absolute atomic E-state index is 12.0. The molecule has 0 spiro atoms. The highest BCUT2D eigenvalue weighted by atomic mass is 16.6. The molecule has 122 valence electrons. The van der Waals surface area contributed by atoms with Gasteiger partial charge in [0.1, 0.15) is 13.2 Å². The normalized spacial score (nSPS) is 16.8. The van der Waals surface area contributed by atoms with E-state index >= 15 is 0 Å². The lowest BCUT2D eigenvalue weighted by Crippen LogP contribution is -2.16. The van der Waals surface area contributed by atoms with Gasteiger partial charge in [0.2, 0.25) is 0 Å². The number of carbonyl (C=O) groups excluding carboxylic acids is 2. The zero-order valence-electron chi connectivity index (χ0n) is 13.5. The van der Waals surface area contributed by atoms with Crippen molar-refractivity contribution >= 4 is 11.9 Å². The zero-order chi connectivity index (χ0) is 16.7. The van der Waals surface area contributed by atoms with Crippen LogP contribution in [0, 0.1) is 0 Å². The molecule has 4 nitrogen and oxygen atoms in total. The Morgan fingerprint density at radius 1 is 1.13 bits per heavy atom. The highest BCUT2D eigenvalue weighted by Gasteiger charge is 2.16. The van der Waals surface area contributed by atoms with Crippen LogP contribution in [0.3, 0.4) is 0 Å². The second kappa shape index (κ2) is 8.32. The van der Waals surface area contributed by atoms with Gasteiger partial charge >= 0.3 is 11.9 Å². The molecule has 23 heavy (non-hydrogen) atoms. The van der Waals surface area contributed by atoms with Crippen molar-refractivity contribution in [3.8, 4) is 0 Å². The number of hydrogen-bond donors (Lipinski definition) is 0. The minimum absolute atomic E-state index is 0.0451. The van der Waals surface area contributed by atoms with Crippen molar-refractivity contribution in [2.45, 2.75) is 32.6 Å². The maximum Gasteiger partial charge on any atom is 0.334 e. The molecule has 0 aromatic heterocycles. The van der Waals surface area contributed by atoms with Crippen LogP contribution in [0.4, 0.5) is 0 Å². The Morgan fingerprint density at radius 3 is 2.52 bits per heavy atom. The number of carbonyl (C=O) groups is 2. The molecule has 2 rings (SSSR count). The molecule has 0 bridgehead atoms. The van der Waals surface area contributed by atoms with Crippen molar-refractivity contribution in [1.82, 2.24) is 0 Å². The molecule has 0 fully saturated rings. The van der Waals surface area contributed by atoms with Crippen LogP contribution >= 0.6 is 0 Å². The summed E-state index contributed by atoms with van der Waals surface area (Å²) in [4.78, 5) is 23.1. The topological polar surface area (TPSA) is 52.6 Å². The average molecular weight is 314 g/mol. The molecule has 0 aromatic rings. The van der Waals surface area contributed by atoms with Gasteiger partial charge in [0.25, 0.3) is 0 Å². The molecule has 0 aromatic carbocycles. The van der Waals surface area contributed by atoms with Gasteiger partial charge in [-0.3, -0.25) is 0 Å². The zero-order valence-corrected chi connectivity index (χ0v) is 13.5. The van der Waals surface area contributed by atoms with Crippen molar-refractivity contribution in [3.63, 3.8) is 0 Å². The van der Waals surface area contributed by atoms with E-state index < -0.39 is 5.97 Å². The molecular formula is C19H22O4. The van der Waals surface area contributed by atoms with Crippen molar-refractivity contribution in [2.24, 2.45) is 0 Å². The van der Waals surface area contributed by atoms with Crippen molar-refractivity contribution < 1.29 is 19.1 Å². The van der Waals surface area contributed by atoms with E-state index in [1.807, 2.05) is 12.2 Å². The molecule has 0 saturated heterocycles. The summed E-state index contributed by atoms with van der Waals surface area (Å²) in [6, 6.07) is 0. The van der Waals surface area contributed by atoms with Crippen LogP contribution in [-0.2, 0) is 19.1 Å². The lowest BCUT2D eigenvalue weighted by molar-refractivity contribution is -0.147. The second-order valence-electron chi connectivity index (χ2n) is 5.58. The van der Waals surface area contributed by atoms with E-state index in [1.54, 1.807) is 6.92 Å². The molecule has 4 heteroatoms. The Balaban J connectivity index is 1.80. The van der Waals surface area contributed by atoms with Gasteiger partial charge in [-0.2, -0.15) is 0 Å². The van der Waals surface area contributed by atoms with Crippen LogP contribution in [0.1, 0.15) is 32.6 Å². The lowest BCUT2D eigenvalue weighted by atomic mass is 9.90. The fraction of sp³-hybridized carbons (Fsp3) is 0.368. The molecule has 2 aliphatic carbocycles. The van der Waals surface area contributed by atoms with E-state index in [4.69, 9.17) is 9.47 Å². The smallest absolute Gasteiger partial charge is 0.334 e. The first-order valence-electron chi connectivity index (χ1n) is 7.84. The summed E-state index contributed by atoms with van der Waals surface area (Å²) in [5, 5.41) is 0. The van der Waals surface area contributed by atoms with Crippen LogP contribution in [-0.4, -0.2) is 25.2 Å². The van der Waals surface area contributed by atoms with Crippen LogP contribution in [0.5, 0.6) is 0 Å². The first kappa shape index (κ1) is 17.0. The van der Waals surface area contributed by atoms with E-state index in [2.05, 4.69) is 24.8 Å². The van der Waals surface area contributed by atoms with Crippen LogP contribution < -0.4 is 0 Å². The van der Waals surface area contributed by atoms with Crippen molar-refractivity contribution in [2.75, 3.05) is 13.2 Å². The summed E-state index contributed by atoms with van der Waals surface area (Å²) < 4.78 is 10.00. The molecule has 2 aliphatic rings. The molecule has 0 radical (unpaired) electrons. The number of hydrogen-bond acceptors (Lipinski definition) is 4. The Kier molecular flexibility index (Phi) is 6.15. The Hall–Kier alpha value is -2.36. The molecule has 0 heterocycles. The standard InChI is InChI=1S/C19H22O4/c1-14(2)18(20)22-12-13-23-19(21)17-10-8-16(9-11-17)15-6-4-3-5-7-15/h4,6-8,10H,1,3,5,9,11-13H2,2H3. The summed E-state index contributed by atoms with van der Waals surface area (Å²) in [7, 11) is 0. The fourth-order valence-electron chi connectivity index (χ4n) is 2.38. The summed E-state index contributed by atoms with van der Waals surface area (Å²) in [5.74, 6) is -0.820. The van der Waals surface area contributed by atoms with E-state index in [-0.39, 0.29) is 19.2 Å². The lowest BCUT2D eigenvalue weighted by Gasteiger charge is -2.16. The number of ether oxygens (including phenoxy) is 2. The third-order valence-corrected chi connectivity index (χ3v) is 3.68. The minimum atomic E-state index is -0.473. The predicted molar refractivity (Wildman–Crippen MR) is 88.6 cm³/mol. The first-order valence-corrected chi connectivity index (χ1v) is 7.84. The van der Waals surface area contributed by atoms with Gasteiger partial charge in [-0.05, 0) is 43.8 Å². The van der Waals surface area contributed by atoms with Gasteiger partial charge in [-0.15, -0.1) is 0 Å². The second-order valence-corrected chi connectivity index (χ2v) is 5.58. The predicted octanol–water partition coefficient (Wildman–Crippen LogP) is 3.57. The Labute approximate surface area is 136 Å². The highest BCUT2D eigenvalue weighted by Crippen LogP contribution is 2.27. The van der Waals surface area contributed by atoms with Gasteiger partial charge in [0.15, 0.2) is 0 Å². The third kappa shape index (κ3) is 5.09. The molecule has 0 amide bonds. The SMILES string of the molecule is C=C(C)C(=O)OCCOC(=O)C1=CC=C(C2=CCCC=C2)CC1. The summed E-state index contributed by atoms with van der Waals surface area (Å²) in [5.41, 5.74) is 3.50. The van der Waals surface area contributed by atoms with Gasteiger partial charge < -0.3 is 9.47 Å². The van der Waals surface area contributed by atoms with E-state index in [0.29, 0.717) is 17.6 Å². The molecule has 0 saturated carbocycles. The van der Waals surface area contributed by atoms with E-state index in [1.165, 1.54) is 11.1 Å². The van der Waals surface area contributed by atoms with Crippen LogP contribution in [0.15, 0.2) is 59.3 Å². The van der Waals surface area contributed by atoms with Gasteiger partial charge in [0, 0.05) is 11.1 Å². The Morgan fingerprint density at radius 2 is 1.91 bits per heavy atom. The van der Waals surface area contributed by atoms with Crippen molar-refractivity contribution in [3.05, 3.63) is 59.3 Å². The molecular weight excluding hydrogens is 292 g/mol. The number of rotatable bonds is 6.